The highest BCUT2D eigenvalue weighted by Gasteiger charge is 2.02. The molecule has 4 nitrogen and oxygen atoms in total. The van der Waals surface area contributed by atoms with Gasteiger partial charge >= 0.3 is 0 Å². The molecule has 2 aromatic rings. The molecule has 0 aliphatic heterocycles. The molecular formula is C19H23FN4. The zero-order chi connectivity index (χ0) is 17.4. The minimum Gasteiger partial charge on any atom is -0.399 e. The van der Waals surface area contributed by atoms with Crippen molar-refractivity contribution in [2.45, 2.75) is 32.9 Å². The average Bonchev–Trinajstić information content (AvgIpc) is 3.04. The van der Waals surface area contributed by atoms with Gasteiger partial charge in [0.1, 0.15) is 6.17 Å². The third-order valence-corrected chi connectivity index (χ3v) is 3.58. The lowest BCUT2D eigenvalue weighted by Gasteiger charge is -2.01. The fourth-order valence-electron chi connectivity index (χ4n) is 2.17. The third-order valence-electron chi connectivity index (χ3n) is 3.58. The standard InChI is InChI=1S/C10H11N3.C9H12FN/c11-9-4-2-1-3-8(7-9)10-5-6-12-13-10;1-3-8-4-5-9(7(2)10)11-6-8/h2-7H,1,11H2,(H,12,13);4-7H,3H2,1-2H3. The van der Waals surface area contributed by atoms with Crippen LogP contribution in [0.4, 0.5) is 4.39 Å². The van der Waals surface area contributed by atoms with Crippen molar-refractivity contribution < 1.29 is 4.39 Å². The van der Waals surface area contributed by atoms with E-state index in [1.54, 1.807) is 18.5 Å². The van der Waals surface area contributed by atoms with E-state index in [9.17, 15) is 4.39 Å². The molecule has 0 radical (unpaired) electrons. The van der Waals surface area contributed by atoms with Gasteiger partial charge in [0.05, 0.1) is 11.4 Å². The van der Waals surface area contributed by atoms with E-state index in [1.807, 2.05) is 30.4 Å². The Labute approximate surface area is 142 Å². The van der Waals surface area contributed by atoms with Gasteiger partial charge < -0.3 is 5.73 Å². The van der Waals surface area contributed by atoms with Crippen LogP contribution in [0.5, 0.6) is 0 Å². The lowest BCUT2D eigenvalue weighted by atomic mass is 10.1. The lowest BCUT2D eigenvalue weighted by molar-refractivity contribution is 0.365. The third kappa shape index (κ3) is 5.19. The van der Waals surface area contributed by atoms with Gasteiger partial charge in [-0.05, 0) is 55.2 Å². The Bertz CT molecular complexity index is 710. The summed E-state index contributed by atoms with van der Waals surface area (Å²) >= 11 is 0. The summed E-state index contributed by atoms with van der Waals surface area (Å²) in [5.41, 5.74) is 10.3. The van der Waals surface area contributed by atoms with Crippen LogP contribution in [-0.4, -0.2) is 15.2 Å². The van der Waals surface area contributed by atoms with Crippen LogP contribution < -0.4 is 5.73 Å². The van der Waals surface area contributed by atoms with Crippen LogP contribution in [0.3, 0.4) is 0 Å². The van der Waals surface area contributed by atoms with E-state index < -0.39 is 6.17 Å². The monoisotopic (exact) mass is 326 g/mol. The molecule has 24 heavy (non-hydrogen) atoms. The van der Waals surface area contributed by atoms with E-state index in [-0.39, 0.29) is 0 Å². The van der Waals surface area contributed by atoms with Crippen molar-refractivity contribution >= 4 is 5.57 Å². The first kappa shape index (κ1) is 17.7. The topological polar surface area (TPSA) is 67.6 Å². The second-order valence-electron chi connectivity index (χ2n) is 5.47. The van der Waals surface area contributed by atoms with Gasteiger partial charge in [0.2, 0.25) is 0 Å². The van der Waals surface area contributed by atoms with Gasteiger partial charge in [0.15, 0.2) is 0 Å². The maximum absolute atomic E-state index is 12.6. The number of aromatic nitrogens is 3. The van der Waals surface area contributed by atoms with E-state index in [0.717, 1.165) is 35.4 Å². The SMILES string of the molecule is CCc1ccc(C(C)F)nc1.NC1=CC(c2ccn[nH]2)=CCC=C1. The molecule has 0 aromatic carbocycles. The molecule has 0 saturated heterocycles. The summed E-state index contributed by atoms with van der Waals surface area (Å²) in [6.45, 7) is 3.55. The van der Waals surface area contributed by atoms with Crippen molar-refractivity contribution in [3.05, 3.63) is 77.5 Å². The van der Waals surface area contributed by atoms with Crippen LogP contribution >= 0.6 is 0 Å². The van der Waals surface area contributed by atoms with Crippen molar-refractivity contribution in [2.24, 2.45) is 5.73 Å². The van der Waals surface area contributed by atoms with Gasteiger partial charge in [-0.1, -0.05) is 25.1 Å². The molecule has 1 unspecified atom stereocenters. The largest absolute Gasteiger partial charge is 0.399 e. The predicted octanol–water partition coefficient (Wildman–Crippen LogP) is 4.27. The van der Waals surface area contributed by atoms with Gasteiger partial charge in [-0.3, -0.25) is 10.1 Å². The second-order valence-corrected chi connectivity index (χ2v) is 5.47. The van der Waals surface area contributed by atoms with Gasteiger partial charge in [-0.25, -0.2) is 4.39 Å². The molecule has 3 N–H and O–H groups in total. The molecule has 0 bridgehead atoms. The number of pyridine rings is 1. The Balaban J connectivity index is 0.000000177. The van der Waals surface area contributed by atoms with Crippen LogP contribution in [0, 0.1) is 0 Å². The molecule has 1 aliphatic rings. The summed E-state index contributed by atoms with van der Waals surface area (Å²) in [4.78, 5) is 3.97. The Kier molecular flexibility index (Phi) is 6.49. The highest BCUT2D eigenvalue weighted by molar-refractivity contribution is 5.73. The summed E-state index contributed by atoms with van der Waals surface area (Å²) in [6.07, 6.45) is 12.4. The van der Waals surface area contributed by atoms with Gasteiger partial charge in [-0.15, -0.1) is 0 Å². The number of nitrogens with two attached hydrogens (primary N) is 1. The zero-order valence-corrected chi connectivity index (χ0v) is 14.0. The van der Waals surface area contributed by atoms with Crippen LogP contribution in [0.1, 0.15) is 43.4 Å². The van der Waals surface area contributed by atoms with Crippen molar-refractivity contribution in [3.8, 4) is 0 Å². The molecule has 2 aromatic heterocycles. The number of alkyl halides is 1. The minimum atomic E-state index is -0.957. The second kappa shape index (κ2) is 8.82. The zero-order valence-electron chi connectivity index (χ0n) is 14.0. The van der Waals surface area contributed by atoms with Crippen molar-refractivity contribution in [2.75, 3.05) is 0 Å². The van der Waals surface area contributed by atoms with Crippen LogP contribution in [-0.2, 0) is 6.42 Å². The summed E-state index contributed by atoms with van der Waals surface area (Å²) in [6, 6.07) is 5.59. The number of halogens is 1. The first-order valence-corrected chi connectivity index (χ1v) is 8.02. The molecule has 0 saturated carbocycles. The molecular weight excluding hydrogens is 303 g/mol. The average molecular weight is 326 g/mol. The van der Waals surface area contributed by atoms with E-state index in [0.29, 0.717) is 5.69 Å². The van der Waals surface area contributed by atoms with Gasteiger partial charge in [0, 0.05) is 18.1 Å². The van der Waals surface area contributed by atoms with Gasteiger partial charge in [0.25, 0.3) is 0 Å². The molecule has 1 atom stereocenters. The Morgan fingerprint density at radius 2 is 2.17 bits per heavy atom. The summed E-state index contributed by atoms with van der Waals surface area (Å²) in [7, 11) is 0. The number of nitrogens with zero attached hydrogens (tertiary/aromatic N) is 2. The summed E-state index contributed by atoms with van der Waals surface area (Å²) < 4.78 is 12.6. The van der Waals surface area contributed by atoms with Crippen molar-refractivity contribution in [3.63, 3.8) is 0 Å². The number of hydrogen-bond donors (Lipinski definition) is 2. The first-order chi connectivity index (χ1) is 11.6. The van der Waals surface area contributed by atoms with Crippen LogP contribution in [0.2, 0.25) is 0 Å². The predicted molar refractivity (Wildman–Crippen MR) is 95.7 cm³/mol. The molecule has 0 fully saturated rings. The molecule has 1 aliphatic carbocycles. The first-order valence-electron chi connectivity index (χ1n) is 8.02. The molecule has 126 valence electrons. The molecule has 3 rings (SSSR count). The van der Waals surface area contributed by atoms with E-state index in [1.165, 1.54) is 6.92 Å². The minimum absolute atomic E-state index is 0.516. The Hall–Kier alpha value is -2.69. The maximum atomic E-state index is 12.6. The summed E-state index contributed by atoms with van der Waals surface area (Å²) in [5, 5.41) is 6.81. The van der Waals surface area contributed by atoms with E-state index in [4.69, 9.17) is 5.73 Å². The molecule has 2 heterocycles. The van der Waals surface area contributed by atoms with Gasteiger partial charge in [-0.2, -0.15) is 5.10 Å². The van der Waals surface area contributed by atoms with E-state index in [2.05, 4.69) is 28.2 Å². The maximum Gasteiger partial charge on any atom is 0.139 e. The van der Waals surface area contributed by atoms with Crippen LogP contribution in [0.15, 0.2) is 60.6 Å². The van der Waals surface area contributed by atoms with Crippen LogP contribution in [0.25, 0.3) is 5.57 Å². The Morgan fingerprint density at radius 1 is 1.33 bits per heavy atom. The number of H-pyrrole nitrogens is 1. The van der Waals surface area contributed by atoms with Crippen molar-refractivity contribution in [1.29, 1.82) is 0 Å². The quantitative estimate of drug-likeness (QED) is 0.885. The summed E-state index contributed by atoms with van der Waals surface area (Å²) in [5.74, 6) is 0. The number of rotatable bonds is 3. The number of allylic oxidation sites excluding steroid dienone is 5. The number of nitrogens with one attached hydrogen (secondary N) is 1. The number of aromatic amines is 1. The fourth-order valence-corrected chi connectivity index (χ4v) is 2.17. The molecule has 5 heteroatoms. The van der Waals surface area contributed by atoms with E-state index >= 15 is 0 Å². The number of hydrogen-bond acceptors (Lipinski definition) is 3. The molecule has 0 amide bonds. The highest BCUT2D eigenvalue weighted by atomic mass is 19.1. The molecule has 0 spiro atoms. The number of aryl methyl sites for hydroxylation is 1. The highest BCUT2D eigenvalue weighted by Crippen LogP contribution is 2.17. The van der Waals surface area contributed by atoms with Crippen molar-refractivity contribution in [1.82, 2.24) is 15.2 Å². The normalized spacial score (nSPS) is 14.8. The Morgan fingerprint density at radius 3 is 2.75 bits per heavy atom. The fraction of sp³-hybridized carbons (Fsp3) is 0.263. The lowest BCUT2D eigenvalue weighted by Crippen LogP contribution is -1.92. The smallest absolute Gasteiger partial charge is 0.139 e.